The minimum Gasteiger partial charge on any atom is -0.357 e. The molecule has 0 atom stereocenters. The molecule has 0 fully saturated rings. The molecular formula is C11H15N7O2S. The van der Waals surface area contributed by atoms with Gasteiger partial charge in [-0.2, -0.15) is 15.0 Å². The quantitative estimate of drug-likeness (QED) is 0.621. The molecule has 1 heterocycles. The number of benzene rings is 1. The molecule has 2 aromatic rings. The number of nitrogens with two attached hydrogens (primary N) is 1. The Kier molecular flexibility index (Phi) is 4.19. The van der Waals surface area contributed by atoms with Gasteiger partial charge in [0, 0.05) is 19.8 Å². The van der Waals surface area contributed by atoms with E-state index in [1.54, 1.807) is 26.2 Å². The monoisotopic (exact) mass is 309 g/mol. The van der Waals surface area contributed by atoms with Gasteiger partial charge in [-0.3, -0.25) is 0 Å². The summed E-state index contributed by atoms with van der Waals surface area (Å²) in [5, 5.41) is 13.6. The van der Waals surface area contributed by atoms with Gasteiger partial charge in [-0.15, -0.1) is 0 Å². The number of primary sulfonamides is 1. The van der Waals surface area contributed by atoms with Crippen LogP contribution < -0.4 is 21.1 Å². The number of rotatable bonds is 5. The predicted molar refractivity (Wildman–Crippen MR) is 80.0 cm³/mol. The van der Waals surface area contributed by atoms with Crippen molar-refractivity contribution in [2.24, 2.45) is 5.14 Å². The van der Waals surface area contributed by atoms with E-state index in [0.717, 1.165) is 0 Å². The van der Waals surface area contributed by atoms with Crippen LogP contribution in [-0.2, 0) is 10.0 Å². The van der Waals surface area contributed by atoms with Crippen LogP contribution in [0.25, 0.3) is 0 Å². The fourth-order valence-electron chi connectivity index (χ4n) is 1.51. The van der Waals surface area contributed by atoms with E-state index < -0.39 is 10.0 Å². The van der Waals surface area contributed by atoms with Crippen molar-refractivity contribution in [3.05, 3.63) is 24.3 Å². The van der Waals surface area contributed by atoms with E-state index in [0.29, 0.717) is 23.5 Å². The highest BCUT2D eigenvalue weighted by atomic mass is 32.2. The number of anilines is 4. The zero-order valence-corrected chi connectivity index (χ0v) is 12.3. The molecule has 0 saturated carbocycles. The lowest BCUT2D eigenvalue weighted by atomic mass is 10.3. The Morgan fingerprint density at radius 1 is 0.905 bits per heavy atom. The van der Waals surface area contributed by atoms with Crippen LogP contribution in [0.4, 0.5) is 23.5 Å². The van der Waals surface area contributed by atoms with Crippen molar-refractivity contribution < 1.29 is 8.42 Å². The van der Waals surface area contributed by atoms with Gasteiger partial charge in [0.05, 0.1) is 4.90 Å². The van der Waals surface area contributed by atoms with Gasteiger partial charge in [-0.1, -0.05) is 0 Å². The molecule has 0 aliphatic rings. The molecule has 112 valence electrons. The van der Waals surface area contributed by atoms with Crippen LogP contribution in [0.2, 0.25) is 0 Å². The molecule has 0 bridgehead atoms. The second-order valence-corrected chi connectivity index (χ2v) is 5.56. The first-order valence-electron chi connectivity index (χ1n) is 5.94. The molecule has 0 radical (unpaired) electrons. The lowest BCUT2D eigenvalue weighted by Crippen LogP contribution is -2.12. The van der Waals surface area contributed by atoms with Gasteiger partial charge < -0.3 is 16.0 Å². The molecule has 0 saturated heterocycles. The number of sulfonamides is 1. The average Bonchev–Trinajstić information content (AvgIpc) is 2.46. The minimum absolute atomic E-state index is 0.0375. The van der Waals surface area contributed by atoms with Gasteiger partial charge in [0.25, 0.3) is 0 Å². The van der Waals surface area contributed by atoms with Crippen LogP contribution in [0.3, 0.4) is 0 Å². The molecule has 0 aliphatic carbocycles. The van der Waals surface area contributed by atoms with Crippen LogP contribution in [0, 0.1) is 0 Å². The molecule has 0 spiro atoms. The summed E-state index contributed by atoms with van der Waals surface area (Å²) < 4.78 is 22.4. The third-order valence-electron chi connectivity index (χ3n) is 2.52. The van der Waals surface area contributed by atoms with Crippen molar-refractivity contribution in [2.45, 2.75) is 4.90 Å². The number of hydrogen-bond acceptors (Lipinski definition) is 8. The zero-order valence-electron chi connectivity index (χ0n) is 11.5. The normalized spacial score (nSPS) is 11.0. The first kappa shape index (κ1) is 14.9. The standard InChI is InChI=1S/C11H15N7O2S/c1-13-9-16-10(14-2)18-11(17-9)15-7-3-5-8(6-4-7)21(12,19)20/h3-6H,1-2H3,(H2,12,19,20)(H3,13,14,15,16,17,18). The van der Waals surface area contributed by atoms with E-state index in [4.69, 9.17) is 5.14 Å². The molecule has 2 rings (SSSR count). The Bertz CT molecular complexity index is 708. The molecule has 0 unspecified atom stereocenters. The summed E-state index contributed by atoms with van der Waals surface area (Å²) in [6.07, 6.45) is 0. The Morgan fingerprint density at radius 2 is 1.38 bits per heavy atom. The molecule has 10 heteroatoms. The summed E-state index contributed by atoms with van der Waals surface area (Å²) in [7, 11) is -0.315. The maximum atomic E-state index is 11.2. The van der Waals surface area contributed by atoms with Crippen molar-refractivity contribution >= 4 is 33.6 Å². The number of hydrogen-bond donors (Lipinski definition) is 4. The predicted octanol–water partition coefficient (Wildman–Crippen LogP) is 0.346. The zero-order chi connectivity index (χ0) is 15.5. The highest BCUT2D eigenvalue weighted by Crippen LogP contribution is 2.17. The Morgan fingerprint density at radius 3 is 1.81 bits per heavy atom. The van der Waals surface area contributed by atoms with Gasteiger partial charge in [-0.25, -0.2) is 13.6 Å². The van der Waals surface area contributed by atoms with Crippen molar-refractivity contribution in [1.82, 2.24) is 15.0 Å². The van der Waals surface area contributed by atoms with Crippen molar-refractivity contribution in [2.75, 3.05) is 30.0 Å². The van der Waals surface area contributed by atoms with Crippen molar-refractivity contribution in [3.8, 4) is 0 Å². The minimum atomic E-state index is -3.70. The average molecular weight is 309 g/mol. The number of aromatic nitrogens is 3. The van der Waals surface area contributed by atoms with Crippen molar-refractivity contribution in [3.63, 3.8) is 0 Å². The van der Waals surface area contributed by atoms with Gasteiger partial charge in [0.1, 0.15) is 0 Å². The van der Waals surface area contributed by atoms with E-state index in [1.807, 2.05) is 0 Å². The Labute approximate surface area is 122 Å². The summed E-state index contributed by atoms with van der Waals surface area (Å²) in [4.78, 5) is 12.4. The molecule has 5 N–H and O–H groups in total. The molecule has 0 amide bonds. The third-order valence-corrected chi connectivity index (χ3v) is 3.45. The van der Waals surface area contributed by atoms with Gasteiger partial charge >= 0.3 is 0 Å². The summed E-state index contributed by atoms with van der Waals surface area (Å²) in [5.41, 5.74) is 0.623. The van der Waals surface area contributed by atoms with Crippen LogP contribution >= 0.6 is 0 Å². The van der Waals surface area contributed by atoms with Gasteiger partial charge in [0.2, 0.25) is 27.9 Å². The van der Waals surface area contributed by atoms with E-state index in [9.17, 15) is 8.42 Å². The first-order valence-corrected chi connectivity index (χ1v) is 7.48. The molecular weight excluding hydrogens is 294 g/mol. The fraction of sp³-hybridized carbons (Fsp3) is 0.182. The van der Waals surface area contributed by atoms with Crippen molar-refractivity contribution in [1.29, 1.82) is 0 Å². The molecule has 21 heavy (non-hydrogen) atoms. The highest BCUT2D eigenvalue weighted by Gasteiger charge is 2.08. The lowest BCUT2D eigenvalue weighted by molar-refractivity contribution is 0.598. The second-order valence-electron chi connectivity index (χ2n) is 4.00. The Hall–Kier alpha value is -2.46. The molecule has 0 aliphatic heterocycles. The molecule has 1 aromatic carbocycles. The van der Waals surface area contributed by atoms with Crippen LogP contribution in [-0.4, -0.2) is 37.5 Å². The van der Waals surface area contributed by atoms with E-state index in [2.05, 4.69) is 30.9 Å². The van der Waals surface area contributed by atoms with Crippen LogP contribution in [0.1, 0.15) is 0 Å². The van der Waals surface area contributed by atoms with E-state index in [-0.39, 0.29) is 4.90 Å². The topological polar surface area (TPSA) is 135 Å². The van der Waals surface area contributed by atoms with Crippen LogP contribution in [0.5, 0.6) is 0 Å². The van der Waals surface area contributed by atoms with E-state index >= 15 is 0 Å². The maximum absolute atomic E-state index is 11.2. The third kappa shape index (κ3) is 3.77. The molecule has 1 aromatic heterocycles. The van der Waals surface area contributed by atoms with E-state index in [1.165, 1.54) is 12.1 Å². The first-order chi connectivity index (χ1) is 9.92. The number of nitrogens with one attached hydrogen (secondary N) is 3. The molecule has 9 nitrogen and oxygen atoms in total. The summed E-state index contributed by atoms with van der Waals surface area (Å²) >= 11 is 0. The van der Waals surface area contributed by atoms with Gasteiger partial charge in [-0.05, 0) is 24.3 Å². The van der Waals surface area contributed by atoms with Crippen LogP contribution in [0.15, 0.2) is 29.2 Å². The summed E-state index contributed by atoms with van der Waals surface area (Å²) in [6.45, 7) is 0. The number of nitrogens with zero attached hydrogens (tertiary/aromatic N) is 3. The second kappa shape index (κ2) is 5.89. The SMILES string of the molecule is CNc1nc(NC)nc(Nc2ccc(S(N)(=O)=O)cc2)n1. The van der Waals surface area contributed by atoms with Gasteiger partial charge in [0.15, 0.2) is 0 Å². The highest BCUT2D eigenvalue weighted by molar-refractivity contribution is 7.89. The smallest absolute Gasteiger partial charge is 0.238 e. The lowest BCUT2D eigenvalue weighted by Gasteiger charge is -2.08. The maximum Gasteiger partial charge on any atom is 0.238 e. The summed E-state index contributed by atoms with van der Waals surface area (Å²) in [6, 6.07) is 5.94. The Balaban J connectivity index is 2.25. The fourth-order valence-corrected chi connectivity index (χ4v) is 2.03. The largest absolute Gasteiger partial charge is 0.357 e. The summed E-state index contributed by atoms with van der Waals surface area (Å²) in [5.74, 6) is 1.12.